The number of aliphatic imine (C=N–C) groups is 1. The van der Waals surface area contributed by atoms with Crippen LogP contribution in [0, 0.1) is 0 Å². The molecule has 2 N–H and O–H groups in total. The highest BCUT2D eigenvalue weighted by Crippen LogP contribution is 2.27. The van der Waals surface area contributed by atoms with Gasteiger partial charge in [-0.15, -0.1) is 0 Å². The van der Waals surface area contributed by atoms with E-state index < -0.39 is 9.84 Å². The van der Waals surface area contributed by atoms with E-state index in [0.29, 0.717) is 19.5 Å². The Hall–Kier alpha value is -1.80. The summed E-state index contributed by atoms with van der Waals surface area (Å²) in [5.41, 5.74) is 1.21. The maximum absolute atomic E-state index is 11.3. The monoisotopic (exact) mass is 410 g/mol. The number of hydrogen-bond acceptors (Lipinski definition) is 5. The van der Waals surface area contributed by atoms with Crippen LogP contribution < -0.4 is 15.4 Å². The van der Waals surface area contributed by atoms with Crippen LogP contribution in [0.25, 0.3) is 0 Å². The van der Waals surface area contributed by atoms with E-state index in [1.807, 2.05) is 19.1 Å². The highest BCUT2D eigenvalue weighted by atomic mass is 32.2. The molecule has 1 unspecified atom stereocenters. The molecule has 1 fully saturated rings. The molecule has 0 spiro atoms. The first-order valence-electron chi connectivity index (χ1n) is 10.0. The number of hydrogen-bond donors (Lipinski definition) is 2. The maximum atomic E-state index is 11.3. The van der Waals surface area contributed by atoms with Crippen LogP contribution in [0.15, 0.2) is 29.3 Å². The number of methoxy groups -OCH3 is 1. The largest absolute Gasteiger partial charge is 0.497 e. The van der Waals surface area contributed by atoms with E-state index in [0.717, 1.165) is 31.3 Å². The van der Waals surface area contributed by atoms with Gasteiger partial charge in [-0.2, -0.15) is 0 Å². The zero-order valence-corrected chi connectivity index (χ0v) is 18.1. The molecule has 0 aromatic heterocycles. The second-order valence-electron chi connectivity index (χ2n) is 7.17. The molecule has 8 heteroatoms. The summed E-state index contributed by atoms with van der Waals surface area (Å²) >= 11 is 0. The molecule has 0 aliphatic carbocycles. The third kappa shape index (κ3) is 7.67. The van der Waals surface area contributed by atoms with Gasteiger partial charge in [0.2, 0.25) is 0 Å². The lowest BCUT2D eigenvalue weighted by Crippen LogP contribution is -2.39. The Bertz CT molecular complexity index is 731. The quantitative estimate of drug-likeness (QED) is 0.348. The maximum Gasteiger partial charge on any atom is 0.191 e. The molecule has 1 aromatic rings. The highest BCUT2D eigenvalue weighted by Gasteiger charge is 2.23. The van der Waals surface area contributed by atoms with Crippen molar-refractivity contribution in [2.45, 2.75) is 32.2 Å². The van der Waals surface area contributed by atoms with Crippen molar-refractivity contribution < 1.29 is 13.2 Å². The molecule has 2 rings (SSSR count). The Morgan fingerprint density at radius 3 is 2.68 bits per heavy atom. The Balaban J connectivity index is 2.06. The number of nitrogens with zero attached hydrogens (tertiary/aromatic N) is 2. The van der Waals surface area contributed by atoms with E-state index in [-0.39, 0.29) is 11.8 Å². The fraction of sp³-hybridized carbons (Fsp3) is 0.650. The molecule has 1 aliphatic rings. The molecule has 0 bridgehead atoms. The van der Waals surface area contributed by atoms with Crippen molar-refractivity contribution in [3.63, 3.8) is 0 Å². The Morgan fingerprint density at radius 2 is 2.04 bits per heavy atom. The van der Waals surface area contributed by atoms with Crippen LogP contribution in [-0.2, 0) is 9.84 Å². The minimum Gasteiger partial charge on any atom is -0.497 e. The van der Waals surface area contributed by atoms with E-state index in [9.17, 15) is 8.42 Å². The fourth-order valence-corrected chi connectivity index (χ4v) is 4.06. The standard InChI is InChI=1S/C20H34N4O3S/c1-4-21-20(22-11-8-14-28(3,25)26)23-16-19(24-12-5-6-13-24)17-9-7-10-18(15-17)27-2/h7,9-10,15,19H,4-6,8,11-14,16H2,1-3H3,(H2,21,22,23). The van der Waals surface area contributed by atoms with E-state index in [2.05, 4.69) is 27.7 Å². The Morgan fingerprint density at radius 1 is 1.29 bits per heavy atom. The van der Waals surface area contributed by atoms with Gasteiger partial charge in [0.05, 0.1) is 25.4 Å². The van der Waals surface area contributed by atoms with Crippen LogP contribution in [0.1, 0.15) is 37.8 Å². The number of likely N-dealkylation sites (tertiary alicyclic amines) is 1. The third-order valence-electron chi connectivity index (χ3n) is 4.81. The van der Waals surface area contributed by atoms with Gasteiger partial charge >= 0.3 is 0 Å². The van der Waals surface area contributed by atoms with E-state index in [1.165, 1.54) is 24.7 Å². The van der Waals surface area contributed by atoms with Gasteiger partial charge in [-0.25, -0.2) is 8.42 Å². The van der Waals surface area contributed by atoms with E-state index >= 15 is 0 Å². The molecule has 1 heterocycles. The summed E-state index contributed by atoms with van der Waals surface area (Å²) < 4.78 is 28.0. The second-order valence-corrected chi connectivity index (χ2v) is 9.43. The summed E-state index contributed by atoms with van der Waals surface area (Å²) in [6.45, 7) is 6.14. The molecule has 28 heavy (non-hydrogen) atoms. The van der Waals surface area contributed by atoms with Crippen molar-refractivity contribution in [2.24, 2.45) is 4.99 Å². The van der Waals surface area contributed by atoms with Crippen molar-refractivity contribution in [2.75, 3.05) is 51.8 Å². The molecular formula is C20H34N4O3S. The molecule has 158 valence electrons. The molecule has 0 saturated carbocycles. The molecule has 1 saturated heterocycles. The molecule has 0 amide bonds. The van der Waals surface area contributed by atoms with Crippen LogP contribution in [0.5, 0.6) is 5.75 Å². The summed E-state index contributed by atoms with van der Waals surface area (Å²) in [4.78, 5) is 7.26. The normalized spacial score (nSPS) is 16.8. The summed E-state index contributed by atoms with van der Waals surface area (Å²) in [7, 11) is -1.25. The van der Waals surface area contributed by atoms with E-state index in [1.54, 1.807) is 7.11 Å². The number of benzene rings is 1. The average Bonchev–Trinajstić information content (AvgIpc) is 3.19. The lowest BCUT2D eigenvalue weighted by molar-refractivity contribution is 0.251. The number of nitrogens with one attached hydrogen (secondary N) is 2. The topological polar surface area (TPSA) is 83.0 Å². The predicted molar refractivity (Wildman–Crippen MR) is 115 cm³/mol. The number of ether oxygens (including phenoxy) is 1. The zero-order valence-electron chi connectivity index (χ0n) is 17.3. The van der Waals surface area contributed by atoms with Gasteiger partial charge in [0, 0.05) is 19.3 Å². The van der Waals surface area contributed by atoms with Crippen LogP contribution in [0.3, 0.4) is 0 Å². The third-order valence-corrected chi connectivity index (χ3v) is 5.84. The summed E-state index contributed by atoms with van der Waals surface area (Å²) in [5.74, 6) is 1.76. The van der Waals surface area contributed by atoms with Crippen LogP contribution >= 0.6 is 0 Å². The van der Waals surface area contributed by atoms with Gasteiger partial charge in [-0.1, -0.05) is 12.1 Å². The molecule has 1 aliphatic heterocycles. The minimum atomic E-state index is -2.93. The summed E-state index contributed by atoms with van der Waals surface area (Å²) in [5, 5.41) is 6.49. The highest BCUT2D eigenvalue weighted by molar-refractivity contribution is 7.90. The predicted octanol–water partition coefficient (Wildman–Crippen LogP) is 1.82. The van der Waals surface area contributed by atoms with Crippen molar-refractivity contribution >= 4 is 15.8 Å². The molecular weight excluding hydrogens is 376 g/mol. The lowest BCUT2D eigenvalue weighted by atomic mass is 10.1. The van der Waals surface area contributed by atoms with Crippen molar-refractivity contribution in [3.05, 3.63) is 29.8 Å². The zero-order chi connectivity index (χ0) is 20.4. The molecule has 1 aromatic carbocycles. The van der Waals surface area contributed by atoms with Crippen LogP contribution in [0.4, 0.5) is 0 Å². The van der Waals surface area contributed by atoms with Crippen molar-refractivity contribution in [3.8, 4) is 5.75 Å². The summed E-state index contributed by atoms with van der Waals surface area (Å²) in [6, 6.07) is 8.40. The lowest BCUT2D eigenvalue weighted by Gasteiger charge is -2.27. The first-order valence-corrected chi connectivity index (χ1v) is 12.1. The molecule has 7 nitrogen and oxygen atoms in total. The van der Waals surface area contributed by atoms with Gasteiger partial charge in [-0.05, 0) is 57.0 Å². The Kier molecular flexibility index (Phi) is 9.05. The fourth-order valence-electron chi connectivity index (χ4n) is 3.39. The van der Waals surface area contributed by atoms with Gasteiger partial charge in [0.1, 0.15) is 15.6 Å². The molecule has 1 atom stereocenters. The van der Waals surface area contributed by atoms with Gasteiger partial charge in [-0.3, -0.25) is 9.89 Å². The Labute approximate surface area is 169 Å². The first-order chi connectivity index (χ1) is 13.4. The molecule has 0 radical (unpaired) electrons. The van der Waals surface area contributed by atoms with Gasteiger partial charge in [0.25, 0.3) is 0 Å². The number of rotatable bonds is 10. The minimum absolute atomic E-state index is 0.180. The second kappa shape index (κ2) is 11.3. The van der Waals surface area contributed by atoms with Crippen molar-refractivity contribution in [1.29, 1.82) is 0 Å². The van der Waals surface area contributed by atoms with Crippen molar-refractivity contribution in [1.82, 2.24) is 15.5 Å². The van der Waals surface area contributed by atoms with Crippen LogP contribution in [-0.4, -0.2) is 71.1 Å². The van der Waals surface area contributed by atoms with Gasteiger partial charge < -0.3 is 15.4 Å². The van der Waals surface area contributed by atoms with Crippen LogP contribution in [0.2, 0.25) is 0 Å². The smallest absolute Gasteiger partial charge is 0.191 e. The van der Waals surface area contributed by atoms with E-state index in [4.69, 9.17) is 9.73 Å². The number of sulfone groups is 1. The SMILES string of the molecule is CCNC(=NCC(c1cccc(OC)c1)N1CCCC1)NCCCS(C)(=O)=O. The average molecular weight is 411 g/mol. The first kappa shape index (κ1) is 22.5. The summed E-state index contributed by atoms with van der Waals surface area (Å²) in [6.07, 6.45) is 4.26. The van der Waals surface area contributed by atoms with Gasteiger partial charge in [0.15, 0.2) is 5.96 Å². The number of guanidine groups is 1.